The van der Waals surface area contributed by atoms with Crippen LogP contribution in [0.25, 0.3) is 0 Å². The SMILES string of the molecule is O=C(NCc1ccccn1)c1c2c(nn1C1CCS(=O)(=O)C1)CCC2. The normalized spacial score (nSPS) is 21.2. The van der Waals surface area contributed by atoms with Crippen LogP contribution in [0.5, 0.6) is 0 Å². The molecule has 7 nitrogen and oxygen atoms in total. The minimum atomic E-state index is -3.04. The van der Waals surface area contributed by atoms with Crippen LogP contribution in [0, 0.1) is 0 Å². The van der Waals surface area contributed by atoms with E-state index in [1.807, 2.05) is 18.2 Å². The Morgan fingerprint density at radius 1 is 1.32 bits per heavy atom. The Labute approximate surface area is 146 Å². The zero-order chi connectivity index (χ0) is 17.4. The fraction of sp³-hybridized carbons (Fsp3) is 0.471. The highest BCUT2D eigenvalue weighted by molar-refractivity contribution is 7.91. The summed E-state index contributed by atoms with van der Waals surface area (Å²) >= 11 is 0. The highest BCUT2D eigenvalue weighted by Crippen LogP contribution is 2.31. The smallest absolute Gasteiger partial charge is 0.270 e. The number of hydrogen-bond acceptors (Lipinski definition) is 5. The second-order valence-electron chi connectivity index (χ2n) is 6.63. The van der Waals surface area contributed by atoms with Crippen molar-refractivity contribution < 1.29 is 13.2 Å². The average Bonchev–Trinajstić information content (AvgIpc) is 3.27. The first-order chi connectivity index (χ1) is 12.0. The highest BCUT2D eigenvalue weighted by atomic mass is 32.2. The lowest BCUT2D eigenvalue weighted by Gasteiger charge is -2.14. The number of carbonyl (C=O) groups excluding carboxylic acids is 1. The van der Waals surface area contributed by atoms with Gasteiger partial charge in [0.1, 0.15) is 5.69 Å². The molecule has 1 atom stereocenters. The third kappa shape index (κ3) is 3.18. The average molecular weight is 360 g/mol. The molecule has 0 spiro atoms. The van der Waals surface area contributed by atoms with E-state index < -0.39 is 9.84 Å². The van der Waals surface area contributed by atoms with E-state index in [0.29, 0.717) is 18.7 Å². The molecule has 1 N–H and O–H groups in total. The van der Waals surface area contributed by atoms with E-state index in [2.05, 4.69) is 15.4 Å². The first kappa shape index (κ1) is 16.3. The maximum atomic E-state index is 12.8. The number of rotatable bonds is 4. The molecule has 3 heterocycles. The molecule has 1 amide bonds. The summed E-state index contributed by atoms with van der Waals surface area (Å²) in [6.07, 6.45) is 4.86. The van der Waals surface area contributed by atoms with Gasteiger partial charge in [0, 0.05) is 11.8 Å². The molecule has 132 valence electrons. The van der Waals surface area contributed by atoms with E-state index in [9.17, 15) is 13.2 Å². The Bertz CT molecular complexity index is 905. The lowest BCUT2D eigenvalue weighted by molar-refractivity contribution is 0.0936. The van der Waals surface area contributed by atoms with Crippen molar-refractivity contribution in [3.63, 3.8) is 0 Å². The number of aryl methyl sites for hydroxylation is 1. The number of nitrogens with zero attached hydrogens (tertiary/aromatic N) is 3. The molecular formula is C17H20N4O3S. The number of aromatic nitrogens is 3. The molecule has 2 aromatic rings. The third-order valence-corrected chi connectivity index (χ3v) is 6.61. The monoisotopic (exact) mass is 360 g/mol. The predicted molar refractivity (Wildman–Crippen MR) is 92.0 cm³/mol. The molecule has 1 aliphatic heterocycles. The van der Waals surface area contributed by atoms with Gasteiger partial charge in [0.2, 0.25) is 0 Å². The van der Waals surface area contributed by atoms with Crippen LogP contribution in [-0.2, 0) is 29.2 Å². The second-order valence-corrected chi connectivity index (χ2v) is 8.86. The minimum absolute atomic E-state index is 0.0636. The van der Waals surface area contributed by atoms with Crippen molar-refractivity contribution in [2.24, 2.45) is 0 Å². The summed E-state index contributed by atoms with van der Waals surface area (Å²) in [6.45, 7) is 0.336. The van der Waals surface area contributed by atoms with E-state index in [1.54, 1.807) is 10.9 Å². The predicted octanol–water partition coefficient (Wildman–Crippen LogP) is 1.06. The van der Waals surface area contributed by atoms with Gasteiger partial charge in [0.25, 0.3) is 5.91 Å². The van der Waals surface area contributed by atoms with Crippen molar-refractivity contribution in [3.8, 4) is 0 Å². The van der Waals surface area contributed by atoms with Crippen LogP contribution in [-0.4, -0.2) is 40.6 Å². The van der Waals surface area contributed by atoms with Crippen LogP contribution in [0.2, 0.25) is 0 Å². The topological polar surface area (TPSA) is 93.9 Å². The molecule has 2 aliphatic rings. The summed E-state index contributed by atoms with van der Waals surface area (Å²) in [5.41, 5.74) is 3.22. The Hall–Kier alpha value is -2.22. The molecule has 1 fully saturated rings. The first-order valence-electron chi connectivity index (χ1n) is 8.52. The first-order valence-corrected chi connectivity index (χ1v) is 10.3. The number of fused-ring (bicyclic) bond motifs is 1. The number of nitrogens with one attached hydrogen (secondary N) is 1. The Kier molecular flexibility index (Phi) is 4.07. The number of sulfone groups is 1. The van der Waals surface area contributed by atoms with Gasteiger partial charge in [-0.15, -0.1) is 0 Å². The summed E-state index contributed by atoms with van der Waals surface area (Å²) in [5, 5.41) is 7.49. The van der Waals surface area contributed by atoms with Gasteiger partial charge in [-0.3, -0.25) is 14.5 Å². The van der Waals surface area contributed by atoms with Crippen LogP contribution in [0.3, 0.4) is 0 Å². The van der Waals surface area contributed by atoms with Crippen molar-refractivity contribution in [3.05, 3.63) is 47.0 Å². The van der Waals surface area contributed by atoms with Gasteiger partial charge in [-0.2, -0.15) is 5.10 Å². The van der Waals surface area contributed by atoms with Crippen LogP contribution >= 0.6 is 0 Å². The molecule has 1 unspecified atom stereocenters. The van der Waals surface area contributed by atoms with Gasteiger partial charge in [-0.1, -0.05) is 6.07 Å². The molecular weight excluding hydrogens is 340 g/mol. The number of amides is 1. The lowest BCUT2D eigenvalue weighted by Crippen LogP contribution is -2.29. The number of pyridine rings is 1. The van der Waals surface area contributed by atoms with E-state index >= 15 is 0 Å². The Balaban J connectivity index is 1.60. The molecule has 0 aromatic carbocycles. The zero-order valence-corrected chi connectivity index (χ0v) is 14.6. The van der Waals surface area contributed by atoms with Gasteiger partial charge in [0.15, 0.2) is 9.84 Å². The van der Waals surface area contributed by atoms with Gasteiger partial charge >= 0.3 is 0 Å². The second kappa shape index (κ2) is 6.25. The summed E-state index contributed by atoms with van der Waals surface area (Å²) < 4.78 is 25.3. The van der Waals surface area contributed by atoms with Gasteiger partial charge in [0.05, 0.1) is 35.5 Å². The molecule has 0 bridgehead atoms. The van der Waals surface area contributed by atoms with Crippen molar-refractivity contribution >= 4 is 15.7 Å². The van der Waals surface area contributed by atoms with E-state index in [4.69, 9.17) is 0 Å². The molecule has 2 aromatic heterocycles. The summed E-state index contributed by atoms with van der Waals surface area (Å²) in [5.74, 6) is 0.0243. The van der Waals surface area contributed by atoms with Crippen molar-refractivity contribution in [2.75, 3.05) is 11.5 Å². The summed E-state index contributed by atoms with van der Waals surface area (Å²) in [7, 11) is -3.04. The fourth-order valence-corrected chi connectivity index (χ4v) is 5.33. The quantitative estimate of drug-likeness (QED) is 0.880. The standard InChI is InChI=1S/C17H20N4O3S/c22-17(19-10-12-4-1-2-8-18-12)16-14-5-3-6-15(14)20-21(16)13-7-9-25(23,24)11-13/h1-2,4,8,13H,3,5-7,9-11H2,(H,19,22). The summed E-state index contributed by atoms with van der Waals surface area (Å²) in [6, 6.07) is 5.31. The number of hydrogen-bond donors (Lipinski definition) is 1. The van der Waals surface area contributed by atoms with Gasteiger partial charge < -0.3 is 5.32 Å². The molecule has 25 heavy (non-hydrogen) atoms. The molecule has 4 rings (SSSR count). The van der Waals surface area contributed by atoms with Crippen LogP contribution in [0.15, 0.2) is 24.4 Å². The fourth-order valence-electron chi connectivity index (χ4n) is 3.64. The third-order valence-electron chi connectivity index (χ3n) is 4.86. The van der Waals surface area contributed by atoms with Crippen molar-refractivity contribution in [1.82, 2.24) is 20.1 Å². The minimum Gasteiger partial charge on any atom is -0.345 e. The molecule has 8 heteroatoms. The maximum absolute atomic E-state index is 12.8. The lowest BCUT2D eigenvalue weighted by atomic mass is 10.1. The Morgan fingerprint density at radius 3 is 2.92 bits per heavy atom. The van der Waals surface area contributed by atoms with E-state index in [1.165, 1.54) is 0 Å². The largest absolute Gasteiger partial charge is 0.345 e. The number of carbonyl (C=O) groups is 1. The van der Waals surface area contributed by atoms with Gasteiger partial charge in [-0.05, 0) is 37.8 Å². The molecule has 0 radical (unpaired) electrons. The van der Waals surface area contributed by atoms with E-state index in [0.717, 1.165) is 36.2 Å². The van der Waals surface area contributed by atoms with Crippen LogP contribution in [0.4, 0.5) is 0 Å². The Morgan fingerprint density at radius 2 is 2.20 bits per heavy atom. The van der Waals surface area contributed by atoms with Crippen molar-refractivity contribution in [2.45, 2.75) is 38.3 Å². The maximum Gasteiger partial charge on any atom is 0.270 e. The van der Waals surface area contributed by atoms with E-state index in [-0.39, 0.29) is 23.5 Å². The molecule has 1 saturated heterocycles. The summed E-state index contributed by atoms with van der Waals surface area (Å²) in [4.78, 5) is 17.0. The zero-order valence-electron chi connectivity index (χ0n) is 13.8. The van der Waals surface area contributed by atoms with Crippen LogP contribution < -0.4 is 5.32 Å². The molecule has 0 saturated carbocycles. The van der Waals surface area contributed by atoms with Crippen molar-refractivity contribution in [1.29, 1.82) is 0 Å². The van der Waals surface area contributed by atoms with Crippen LogP contribution in [0.1, 0.15) is 46.3 Å². The molecule has 1 aliphatic carbocycles. The highest BCUT2D eigenvalue weighted by Gasteiger charge is 2.35. The van der Waals surface area contributed by atoms with Gasteiger partial charge in [-0.25, -0.2) is 8.42 Å².